The van der Waals surface area contributed by atoms with Crippen molar-refractivity contribution in [3.8, 4) is 5.75 Å². The number of carboxylic acid groups (broad SMARTS) is 1. The number of allylic oxidation sites excluding steroid dienone is 2. The van der Waals surface area contributed by atoms with E-state index < -0.39 is 5.97 Å². The minimum absolute atomic E-state index is 0.0666. The summed E-state index contributed by atoms with van der Waals surface area (Å²) in [6.45, 7) is 2.24. The maximum Gasteiger partial charge on any atom is 0.339 e. The number of phenols is 1. The molecule has 0 aliphatic carbocycles. The van der Waals surface area contributed by atoms with Gasteiger partial charge >= 0.3 is 5.97 Å². The van der Waals surface area contributed by atoms with Crippen LogP contribution in [0.3, 0.4) is 0 Å². The monoisotopic (exact) mass is 374 g/mol. The Hall–Kier alpha value is -1.77. The number of aromatic hydroxyl groups is 1. The van der Waals surface area contributed by atoms with E-state index >= 15 is 0 Å². The second kappa shape index (κ2) is 15.3. The highest BCUT2D eigenvalue weighted by atomic mass is 16.4. The topological polar surface area (TPSA) is 57.5 Å². The molecule has 27 heavy (non-hydrogen) atoms. The van der Waals surface area contributed by atoms with E-state index in [0.717, 1.165) is 24.8 Å². The summed E-state index contributed by atoms with van der Waals surface area (Å²) >= 11 is 0. The second-order valence-corrected chi connectivity index (χ2v) is 7.45. The Morgan fingerprint density at radius 3 is 2.00 bits per heavy atom. The molecule has 0 bridgehead atoms. The lowest BCUT2D eigenvalue weighted by molar-refractivity contribution is 0.0692. The summed E-state index contributed by atoms with van der Waals surface area (Å²) in [4.78, 5) is 11.2. The highest BCUT2D eigenvalue weighted by Gasteiger charge is 2.14. The number of aromatic carboxylic acids is 1. The molecule has 0 amide bonds. The number of carboxylic acids is 1. The summed E-state index contributed by atoms with van der Waals surface area (Å²) in [6, 6.07) is 4.97. The first-order valence-electron chi connectivity index (χ1n) is 10.9. The van der Waals surface area contributed by atoms with Crippen LogP contribution < -0.4 is 0 Å². The van der Waals surface area contributed by atoms with Gasteiger partial charge in [0.05, 0.1) is 0 Å². The predicted molar refractivity (Wildman–Crippen MR) is 114 cm³/mol. The van der Waals surface area contributed by atoms with Crippen molar-refractivity contribution in [2.24, 2.45) is 0 Å². The third kappa shape index (κ3) is 10.8. The first-order valence-corrected chi connectivity index (χ1v) is 10.9. The van der Waals surface area contributed by atoms with Gasteiger partial charge in [-0.1, -0.05) is 82.6 Å². The number of benzene rings is 1. The lowest BCUT2D eigenvalue weighted by atomic mass is 9.99. The molecule has 2 N–H and O–H groups in total. The molecular weight excluding hydrogens is 336 g/mol. The molecule has 1 rings (SSSR count). The number of carbonyl (C=O) groups is 1. The molecule has 0 radical (unpaired) electrons. The van der Waals surface area contributed by atoms with Crippen molar-refractivity contribution in [2.45, 2.75) is 96.8 Å². The fraction of sp³-hybridized carbons (Fsp3) is 0.625. The SMILES string of the molecule is CCCCC/C=C\CCCCCCCCCCc1cccc(O)c1C(=O)O. The van der Waals surface area contributed by atoms with Crippen molar-refractivity contribution in [3.05, 3.63) is 41.5 Å². The first-order chi connectivity index (χ1) is 13.2. The fourth-order valence-corrected chi connectivity index (χ4v) is 3.43. The Balaban J connectivity index is 1.98. The van der Waals surface area contributed by atoms with Gasteiger partial charge in [0.15, 0.2) is 0 Å². The van der Waals surface area contributed by atoms with Gasteiger partial charge in [0.2, 0.25) is 0 Å². The number of hydrogen-bond acceptors (Lipinski definition) is 2. The van der Waals surface area contributed by atoms with Gasteiger partial charge in [-0.3, -0.25) is 0 Å². The standard InChI is InChI=1S/C24H38O3/c1-2-3-4-5-6-7-8-9-10-11-12-13-14-15-16-18-21-19-17-20-22(25)23(21)24(26)27/h6-7,17,19-20,25H,2-5,8-16,18H2,1H3,(H,26,27)/b7-6-. The van der Waals surface area contributed by atoms with Gasteiger partial charge < -0.3 is 10.2 Å². The van der Waals surface area contributed by atoms with Crippen molar-refractivity contribution in [1.29, 1.82) is 0 Å². The van der Waals surface area contributed by atoms with Crippen LogP contribution in [0.25, 0.3) is 0 Å². The summed E-state index contributed by atoms with van der Waals surface area (Å²) in [7, 11) is 0. The van der Waals surface area contributed by atoms with Crippen LogP contribution in [0.5, 0.6) is 5.75 Å². The van der Waals surface area contributed by atoms with Crippen LogP contribution in [0.15, 0.2) is 30.4 Å². The zero-order valence-electron chi connectivity index (χ0n) is 17.1. The molecular formula is C24H38O3. The third-order valence-corrected chi connectivity index (χ3v) is 5.05. The molecule has 0 aliphatic heterocycles. The van der Waals surface area contributed by atoms with Crippen molar-refractivity contribution >= 4 is 5.97 Å². The molecule has 3 heteroatoms. The van der Waals surface area contributed by atoms with E-state index in [-0.39, 0.29) is 11.3 Å². The van der Waals surface area contributed by atoms with E-state index in [1.807, 2.05) is 0 Å². The molecule has 0 aromatic heterocycles. The van der Waals surface area contributed by atoms with E-state index in [1.165, 1.54) is 76.7 Å². The zero-order chi connectivity index (χ0) is 19.7. The molecule has 3 nitrogen and oxygen atoms in total. The normalized spacial score (nSPS) is 11.3. The number of rotatable bonds is 16. The summed E-state index contributed by atoms with van der Waals surface area (Å²) in [5.41, 5.74) is 0.808. The molecule has 0 atom stereocenters. The lowest BCUT2D eigenvalue weighted by Gasteiger charge is -2.07. The zero-order valence-corrected chi connectivity index (χ0v) is 17.1. The van der Waals surface area contributed by atoms with Gasteiger partial charge in [-0.2, -0.15) is 0 Å². The van der Waals surface area contributed by atoms with Gasteiger partial charge in [0, 0.05) is 0 Å². The van der Waals surface area contributed by atoms with E-state index in [1.54, 1.807) is 12.1 Å². The molecule has 1 aromatic rings. The molecule has 152 valence electrons. The van der Waals surface area contributed by atoms with E-state index in [2.05, 4.69) is 19.1 Å². The Labute approximate surface area is 165 Å². The first kappa shape index (κ1) is 23.3. The summed E-state index contributed by atoms with van der Waals surface area (Å²) in [6.07, 6.45) is 21.7. The Morgan fingerprint density at radius 2 is 1.41 bits per heavy atom. The maximum absolute atomic E-state index is 11.2. The molecule has 0 heterocycles. The smallest absolute Gasteiger partial charge is 0.339 e. The second-order valence-electron chi connectivity index (χ2n) is 7.45. The maximum atomic E-state index is 11.2. The van der Waals surface area contributed by atoms with Gasteiger partial charge in [0.25, 0.3) is 0 Å². The van der Waals surface area contributed by atoms with E-state index in [0.29, 0.717) is 0 Å². The average Bonchev–Trinajstić information content (AvgIpc) is 2.64. The Morgan fingerprint density at radius 1 is 0.852 bits per heavy atom. The van der Waals surface area contributed by atoms with Crippen LogP contribution in [0, 0.1) is 0 Å². The number of hydrogen-bond donors (Lipinski definition) is 2. The van der Waals surface area contributed by atoms with Crippen molar-refractivity contribution < 1.29 is 15.0 Å². The molecule has 0 fully saturated rings. The van der Waals surface area contributed by atoms with Crippen LogP contribution in [-0.4, -0.2) is 16.2 Å². The van der Waals surface area contributed by atoms with Crippen LogP contribution in [0.2, 0.25) is 0 Å². The van der Waals surface area contributed by atoms with Gasteiger partial charge in [-0.25, -0.2) is 4.79 Å². The fourth-order valence-electron chi connectivity index (χ4n) is 3.43. The quantitative estimate of drug-likeness (QED) is 0.236. The molecule has 0 saturated carbocycles. The minimum atomic E-state index is -1.04. The molecule has 0 aliphatic rings. The highest BCUT2D eigenvalue weighted by Crippen LogP contribution is 2.23. The van der Waals surface area contributed by atoms with Gasteiger partial charge in [-0.05, 0) is 50.2 Å². The summed E-state index contributed by atoms with van der Waals surface area (Å²) in [5, 5.41) is 18.9. The number of aryl methyl sites for hydroxylation is 1. The predicted octanol–water partition coefficient (Wildman–Crippen LogP) is 7.28. The minimum Gasteiger partial charge on any atom is -0.507 e. The largest absolute Gasteiger partial charge is 0.507 e. The number of unbranched alkanes of at least 4 members (excludes halogenated alkanes) is 11. The van der Waals surface area contributed by atoms with Crippen LogP contribution in [0.1, 0.15) is 106 Å². The highest BCUT2D eigenvalue weighted by molar-refractivity contribution is 5.92. The third-order valence-electron chi connectivity index (χ3n) is 5.05. The molecule has 1 aromatic carbocycles. The van der Waals surface area contributed by atoms with E-state index in [4.69, 9.17) is 0 Å². The molecule has 0 spiro atoms. The van der Waals surface area contributed by atoms with Crippen LogP contribution in [-0.2, 0) is 6.42 Å². The van der Waals surface area contributed by atoms with Crippen LogP contribution in [0.4, 0.5) is 0 Å². The Kier molecular flexibility index (Phi) is 13.2. The van der Waals surface area contributed by atoms with Crippen molar-refractivity contribution in [2.75, 3.05) is 0 Å². The van der Waals surface area contributed by atoms with Crippen molar-refractivity contribution in [3.63, 3.8) is 0 Å². The lowest BCUT2D eigenvalue weighted by Crippen LogP contribution is -2.03. The average molecular weight is 375 g/mol. The van der Waals surface area contributed by atoms with E-state index in [9.17, 15) is 15.0 Å². The Bertz CT molecular complexity index is 549. The van der Waals surface area contributed by atoms with Crippen molar-refractivity contribution in [1.82, 2.24) is 0 Å². The molecule has 0 unspecified atom stereocenters. The van der Waals surface area contributed by atoms with Gasteiger partial charge in [-0.15, -0.1) is 0 Å². The van der Waals surface area contributed by atoms with Gasteiger partial charge in [0.1, 0.15) is 11.3 Å². The summed E-state index contributed by atoms with van der Waals surface area (Å²) in [5.74, 6) is -1.17. The molecule has 0 saturated heterocycles. The van der Waals surface area contributed by atoms with Crippen LogP contribution >= 0.6 is 0 Å². The summed E-state index contributed by atoms with van der Waals surface area (Å²) < 4.78 is 0.